The molecule has 34 heavy (non-hydrogen) atoms. The number of aromatic nitrogens is 1. The van der Waals surface area contributed by atoms with E-state index in [1.807, 2.05) is 77.6 Å². The molecule has 7 nitrogen and oxygen atoms in total. The molecule has 2 amide bonds. The Hall–Kier alpha value is -3.52. The van der Waals surface area contributed by atoms with Crippen molar-refractivity contribution < 1.29 is 19.5 Å². The zero-order valence-electron chi connectivity index (χ0n) is 18.8. The standard InChI is InChI=1S/C26H27N3O4S/c1-17(27-24(30)23(34)13-18-7-3-2-4-8-18)25(31)29-16-20-14-21(28-11-5-6-12-28)10-9-19(20)15-22(29)26(32)33/h2-12,14,17,22-23,34H,13,15-16H2,1H3,(H,27,30)(H,32,33)/t17-,22-,23-/m0/s1. The lowest BCUT2D eigenvalue weighted by Crippen LogP contribution is -2.55. The Morgan fingerprint density at radius 3 is 2.44 bits per heavy atom. The maximum absolute atomic E-state index is 13.3. The van der Waals surface area contributed by atoms with Crippen LogP contribution in [0.3, 0.4) is 0 Å². The molecule has 0 saturated heterocycles. The van der Waals surface area contributed by atoms with Crippen LogP contribution in [0, 0.1) is 0 Å². The molecule has 1 aromatic heterocycles. The minimum Gasteiger partial charge on any atom is -0.480 e. The quantitative estimate of drug-likeness (QED) is 0.457. The van der Waals surface area contributed by atoms with Crippen LogP contribution < -0.4 is 5.32 Å². The van der Waals surface area contributed by atoms with Crippen LogP contribution in [0.15, 0.2) is 73.1 Å². The Balaban J connectivity index is 1.48. The van der Waals surface area contributed by atoms with Gasteiger partial charge in [0.25, 0.3) is 0 Å². The Kier molecular flexibility index (Phi) is 7.07. The van der Waals surface area contributed by atoms with Crippen molar-refractivity contribution in [2.45, 2.75) is 43.6 Å². The number of benzene rings is 2. The molecule has 2 heterocycles. The first-order valence-corrected chi connectivity index (χ1v) is 11.7. The fourth-order valence-corrected chi connectivity index (χ4v) is 4.53. The van der Waals surface area contributed by atoms with Crippen molar-refractivity contribution in [3.8, 4) is 5.69 Å². The Morgan fingerprint density at radius 1 is 1.06 bits per heavy atom. The van der Waals surface area contributed by atoms with Gasteiger partial charge in [-0.25, -0.2) is 4.79 Å². The van der Waals surface area contributed by atoms with Crippen molar-refractivity contribution in [3.63, 3.8) is 0 Å². The third-order valence-electron chi connectivity index (χ3n) is 6.09. The fourth-order valence-electron chi connectivity index (χ4n) is 4.24. The summed E-state index contributed by atoms with van der Waals surface area (Å²) in [5, 5.41) is 11.9. The molecule has 8 heteroatoms. The van der Waals surface area contributed by atoms with E-state index in [2.05, 4.69) is 17.9 Å². The summed E-state index contributed by atoms with van der Waals surface area (Å²) in [5.74, 6) is -1.87. The minimum absolute atomic E-state index is 0.161. The first kappa shape index (κ1) is 23.6. The average Bonchev–Trinajstić information content (AvgIpc) is 3.38. The van der Waals surface area contributed by atoms with Crippen LogP contribution in [0.5, 0.6) is 0 Å². The summed E-state index contributed by atoms with van der Waals surface area (Å²) < 4.78 is 1.96. The maximum atomic E-state index is 13.3. The highest BCUT2D eigenvalue weighted by atomic mass is 32.1. The van der Waals surface area contributed by atoms with Crippen LogP contribution in [0.4, 0.5) is 0 Å². The number of nitrogens with one attached hydrogen (secondary N) is 1. The second-order valence-electron chi connectivity index (χ2n) is 8.50. The Labute approximate surface area is 203 Å². The van der Waals surface area contributed by atoms with Gasteiger partial charge in [-0.3, -0.25) is 9.59 Å². The number of carbonyl (C=O) groups is 3. The van der Waals surface area contributed by atoms with Crippen LogP contribution in [-0.4, -0.2) is 49.7 Å². The van der Waals surface area contributed by atoms with E-state index in [4.69, 9.17) is 0 Å². The normalized spacial score (nSPS) is 16.9. The molecule has 176 valence electrons. The van der Waals surface area contributed by atoms with Crippen LogP contribution >= 0.6 is 12.6 Å². The van der Waals surface area contributed by atoms with Gasteiger partial charge in [0.15, 0.2) is 0 Å². The molecular weight excluding hydrogens is 450 g/mol. The minimum atomic E-state index is -1.07. The lowest BCUT2D eigenvalue weighted by atomic mass is 9.92. The van der Waals surface area contributed by atoms with Gasteiger partial charge in [0.05, 0.1) is 5.25 Å². The van der Waals surface area contributed by atoms with E-state index in [1.54, 1.807) is 6.92 Å². The second kappa shape index (κ2) is 10.2. The highest BCUT2D eigenvalue weighted by molar-refractivity contribution is 7.81. The summed E-state index contributed by atoms with van der Waals surface area (Å²) in [6.45, 7) is 1.74. The molecule has 0 spiro atoms. The third kappa shape index (κ3) is 5.17. The number of carboxylic acid groups (broad SMARTS) is 1. The largest absolute Gasteiger partial charge is 0.480 e. The highest BCUT2D eigenvalue weighted by Crippen LogP contribution is 2.27. The molecule has 0 bridgehead atoms. The summed E-state index contributed by atoms with van der Waals surface area (Å²) in [4.78, 5) is 39.3. The second-order valence-corrected chi connectivity index (χ2v) is 9.13. The van der Waals surface area contributed by atoms with Gasteiger partial charge in [-0.2, -0.15) is 12.6 Å². The Bertz CT molecular complexity index is 1180. The molecule has 0 fully saturated rings. The monoisotopic (exact) mass is 477 g/mol. The van der Waals surface area contributed by atoms with E-state index < -0.39 is 29.2 Å². The van der Waals surface area contributed by atoms with Crippen molar-refractivity contribution in [2.75, 3.05) is 0 Å². The molecule has 1 aliphatic rings. The summed E-state index contributed by atoms with van der Waals surface area (Å²) in [6, 6.07) is 17.3. The van der Waals surface area contributed by atoms with Gasteiger partial charge in [0.2, 0.25) is 11.8 Å². The van der Waals surface area contributed by atoms with Crippen LogP contribution in [0.2, 0.25) is 0 Å². The molecule has 2 N–H and O–H groups in total. The average molecular weight is 478 g/mol. The summed E-state index contributed by atoms with van der Waals surface area (Å²) in [5.41, 5.74) is 3.70. The number of aliphatic carboxylic acids is 1. The van der Waals surface area contributed by atoms with E-state index in [1.165, 1.54) is 4.90 Å². The van der Waals surface area contributed by atoms with E-state index in [0.717, 1.165) is 22.4 Å². The zero-order valence-corrected chi connectivity index (χ0v) is 19.7. The molecule has 0 radical (unpaired) electrons. The van der Waals surface area contributed by atoms with Gasteiger partial charge in [-0.05, 0) is 54.3 Å². The molecule has 3 aromatic rings. The highest BCUT2D eigenvalue weighted by Gasteiger charge is 2.37. The van der Waals surface area contributed by atoms with Gasteiger partial charge in [0, 0.05) is 31.0 Å². The third-order valence-corrected chi connectivity index (χ3v) is 6.51. The van der Waals surface area contributed by atoms with E-state index in [-0.39, 0.29) is 18.9 Å². The number of thiol groups is 1. The maximum Gasteiger partial charge on any atom is 0.326 e. The SMILES string of the molecule is C[C@H](NC(=O)[C@@H](S)Cc1ccccc1)C(=O)N1Cc2cc(-n3cccc3)ccc2C[C@H]1C(=O)O. The van der Waals surface area contributed by atoms with Crippen LogP contribution in [0.25, 0.3) is 5.69 Å². The topological polar surface area (TPSA) is 91.6 Å². The predicted octanol–water partition coefficient (Wildman–Crippen LogP) is 2.86. The molecule has 2 aromatic carbocycles. The molecular formula is C26H27N3O4S. The molecule has 4 rings (SSSR count). The van der Waals surface area contributed by atoms with Crippen molar-refractivity contribution in [2.24, 2.45) is 0 Å². The number of hydrogen-bond acceptors (Lipinski definition) is 4. The van der Waals surface area contributed by atoms with Gasteiger partial charge < -0.3 is 19.9 Å². The number of fused-ring (bicyclic) bond motifs is 1. The molecule has 0 saturated carbocycles. The molecule has 1 aliphatic heterocycles. The number of hydrogen-bond donors (Lipinski definition) is 3. The summed E-state index contributed by atoms with van der Waals surface area (Å²) in [7, 11) is 0. The number of rotatable bonds is 7. The first-order valence-electron chi connectivity index (χ1n) is 11.1. The van der Waals surface area contributed by atoms with Gasteiger partial charge in [-0.15, -0.1) is 0 Å². The van der Waals surface area contributed by atoms with Crippen molar-refractivity contribution in [3.05, 3.63) is 89.7 Å². The number of carboxylic acids is 1. The van der Waals surface area contributed by atoms with E-state index in [9.17, 15) is 19.5 Å². The van der Waals surface area contributed by atoms with Gasteiger partial charge in [-0.1, -0.05) is 36.4 Å². The van der Waals surface area contributed by atoms with Gasteiger partial charge >= 0.3 is 5.97 Å². The van der Waals surface area contributed by atoms with Gasteiger partial charge in [0.1, 0.15) is 12.1 Å². The van der Waals surface area contributed by atoms with Crippen molar-refractivity contribution in [1.29, 1.82) is 0 Å². The first-order chi connectivity index (χ1) is 16.3. The number of nitrogens with zero attached hydrogens (tertiary/aromatic N) is 2. The molecule has 0 unspecified atom stereocenters. The van der Waals surface area contributed by atoms with Crippen molar-refractivity contribution in [1.82, 2.24) is 14.8 Å². The number of amides is 2. The predicted molar refractivity (Wildman–Crippen MR) is 132 cm³/mol. The van der Waals surface area contributed by atoms with E-state index >= 15 is 0 Å². The molecule has 0 aliphatic carbocycles. The van der Waals surface area contributed by atoms with E-state index in [0.29, 0.717) is 6.42 Å². The number of carbonyl (C=O) groups excluding carboxylic acids is 2. The van der Waals surface area contributed by atoms with Crippen LogP contribution in [-0.2, 0) is 33.8 Å². The lowest BCUT2D eigenvalue weighted by molar-refractivity contribution is -0.152. The smallest absolute Gasteiger partial charge is 0.326 e. The van der Waals surface area contributed by atoms with Crippen LogP contribution in [0.1, 0.15) is 23.6 Å². The zero-order chi connectivity index (χ0) is 24.2. The fraction of sp³-hybridized carbons (Fsp3) is 0.269. The Morgan fingerprint density at radius 2 is 1.76 bits per heavy atom. The van der Waals surface area contributed by atoms with Crippen molar-refractivity contribution >= 4 is 30.4 Å². The summed E-state index contributed by atoms with van der Waals surface area (Å²) in [6.07, 6.45) is 4.49. The lowest BCUT2D eigenvalue weighted by Gasteiger charge is -2.36. The molecule has 3 atom stereocenters. The summed E-state index contributed by atoms with van der Waals surface area (Å²) >= 11 is 4.40.